The van der Waals surface area contributed by atoms with Gasteiger partial charge in [-0.1, -0.05) is 11.6 Å². The topological polar surface area (TPSA) is 49.8 Å². The molecule has 2 atom stereocenters. The maximum absolute atomic E-state index is 12.1. The van der Waals surface area contributed by atoms with Crippen molar-refractivity contribution < 1.29 is 14.6 Å². The number of hydrogen-bond acceptors (Lipinski definition) is 3. The SMILES string of the molecule is Cc1cc(OC(C)C(=O)N2CC[C@@H](O)C2)ccc1Cl. The first-order chi connectivity index (χ1) is 8.97. The van der Waals surface area contributed by atoms with Gasteiger partial charge in [0.05, 0.1) is 6.10 Å². The van der Waals surface area contributed by atoms with Crippen LogP contribution < -0.4 is 4.74 Å². The summed E-state index contributed by atoms with van der Waals surface area (Å²) in [6.45, 7) is 4.59. The van der Waals surface area contributed by atoms with Crippen molar-refractivity contribution in [2.24, 2.45) is 0 Å². The van der Waals surface area contributed by atoms with E-state index in [-0.39, 0.29) is 5.91 Å². The summed E-state index contributed by atoms with van der Waals surface area (Å²) < 4.78 is 5.63. The van der Waals surface area contributed by atoms with Gasteiger partial charge in [0.1, 0.15) is 5.75 Å². The molecule has 5 heteroatoms. The van der Waals surface area contributed by atoms with Crippen LogP contribution >= 0.6 is 11.6 Å². The van der Waals surface area contributed by atoms with Crippen LogP contribution in [0.3, 0.4) is 0 Å². The van der Waals surface area contributed by atoms with Gasteiger partial charge in [-0.2, -0.15) is 0 Å². The van der Waals surface area contributed by atoms with Crippen LogP contribution in [-0.2, 0) is 4.79 Å². The van der Waals surface area contributed by atoms with E-state index in [1.54, 1.807) is 24.0 Å². The number of carbonyl (C=O) groups excluding carboxylic acids is 1. The molecule has 1 aromatic rings. The summed E-state index contributed by atoms with van der Waals surface area (Å²) in [5.74, 6) is 0.534. The molecule has 2 rings (SSSR count). The van der Waals surface area contributed by atoms with Crippen molar-refractivity contribution in [1.82, 2.24) is 4.90 Å². The lowest BCUT2D eigenvalue weighted by atomic mass is 10.2. The Labute approximate surface area is 117 Å². The third-order valence-corrected chi connectivity index (χ3v) is 3.69. The quantitative estimate of drug-likeness (QED) is 0.923. The smallest absolute Gasteiger partial charge is 0.263 e. The van der Waals surface area contributed by atoms with Crippen molar-refractivity contribution in [1.29, 1.82) is 0 Å². The van der Waals surface area contributed by atoms with Gasteiger partial charge in [-0.15, -0.1) is 0 Å². The van der Waals surface area contributed by atoms with Gasteiger partial charge in [-0.3, -0.25) is 4.79 Å². The Balaban J connectivity index is 1.98. The molecule has 1 unspecified atom stereocenters. The number of likely N-dealkylation sites (tertiary alicyclic amines) is 1. The molecular formula is C14H18ClNO3. The van der Waals surface area contributed by atoms with E-state index in [9.17, 15) is 9.90 Å². The lowest BCUT2D eigenvalue weighted by Crippen LogP contribution is -2.39. The molecule has 1 saturated heterocycles. The number of β-amino-alcohol motifs (C(OH)–C–C–N with tert-alkyl or cyclic N) is 1. The number of aliphatic hydroxyl groups excluding tert-OH is 1. The first-order valence-electron chi connectivity index (χ1n) is 6.37. The Morgan fingerprint density at radius 3 is 2.89 bits per heavy atom. The van der Waals surface area contributed by atoms with Crippen LogP contribution in [0.2, 0.25) is 5.02 Å². The van der Waals surface area contributed by atoms with Crippen LogP contribution in [0.4, 0.5) is 0 Å². The summed E-state index contributed by atoms with van der Waals surface area (Å²) in [4.78, 5) is 13.7. The number of amides is 1. The maximum atomic E-state index is 12.1. The fraction of sp³-hybridized carbons (Fsp3) is 0.500. The number of aryl methyl sites for hydroxylation is 1. The van der Waals surface area contributed by atoms with Crippen LogP contribution in [0, 0.1) is 6.92 Å². The number of ether oxygens (including phenoxy) is 1. The zero-order valence-electron chi connectivity index (χ0n) is 11.1. The molecule has 1 aromatic carbocycles. The molecule has 0 bridgehead atoms. The molecule has 1 aliphatic rings. The molecule has 1 heterocycles. The van der Waals surface area contributed by atoms with E-state index in [2.05, 4.69) is 0 Å². The molecule has 1 fully saturated rings. The average molecular weight is 284 g/mol. The lowest BCUT2D eigenvalue weighted by molar-refractivity contribution is -0.137. The highest BCUT2D eigenvalue weighted by Gasteiger charge is 2.28. The predicted molar refractivity (Wildman–Crippen MR) is 73.5 cm³/mol. The first-order valence-corrected chi connectivity index (χ1v) is 6.75. The van der Waals surface area contributed by atoms with Crippen molar-refractivity contribution in [3.63, 3.8) is 0 Å². The number of halogens is 1. The van der Waals surface area contributed by atoms with Gasteiger partial charge in [0, 0.05) is 18.1 Å². The molecule has 0 spiro atoms. The second-order valence-corrected chi connectivity index (χ2v) is 5.31. The van der Waals surface area contributed by atoms with E-state index in [4.69, 9.17) is 16.3 Å². The monoisotopic (exact) mass is 283 g/mol. The van der Waals surface area contributed by atoms with Gasteiger partial charge in [0.15, 0.2) is 6.10 Å². The number of benzene rings is 1. The third-order valence-electron chi connectivity index (χ3n) is 3.27. The third kappa shape index (κ3) is 3.39. The van der Waals surface area contributed by atoms with Crippen LogP contribution in [0.15, 0.2) is 18.2 Å². The van der Waals surface area contributed by atoms with Gasteiger partial charge in [0.25, 0.3) is 5.91 Å². The largest absolute Gasteiger partial charge is 0.481 e. The summed E-state index contributed by atoms with van der Waals surface area (Å²) >= 11 is 5.94. The molecule has 1 N–H and O–H groups in total. The fourth-order valence-corrected chi connectivity index (χ4v) is 2.26. The van der Waals surface area contributed by atoms with Crippen molar-refractivity contribution in [2.45, 2.75) is 32.5 Å². The predicted octanol–water partition coefficient (Wildman–Crippen LogP) is 2.01. The molecule has 19 heavy (non-hydrogen) atoms. The van der Waals surface area contributed by atoms with E-state index in [0.717, 1.165) is 5.56 Å². The maximum Gasteiger partial charge on any atom is 0.263 e. The van der Waals surface area contributed by atoms with Gasteiger partial charge in [-0.05, 0) is 44.0 Å². The second kappa shape index (κ2) is 5.80. The van der Waals surface area contributed by atoms with Crippen molar-refractivity contribution >= 4 is 17.5 Å². The van der Waals surface area contributed by atoms with Crippen molar-refractivity contribution in [2.75, 3.05) is 13.1 Å². The summed E-state index contributed by atoms with van der Waals surface area (Å²) in [5, 5.41) is 10.1. The number of hydrogen-bond donors (Lipinski definition) is 1. The molecule has 104 valence electrons. The Morgan fingerprint density at radius 2 is 2.32 bits per heavy atom. The molecule has 1 aliphatic heterocycles. The summed E-state index contributed by atoms with van der Waals surface area (Å²) in [5.41, 5.74) is 0.912. The van der Waals surface area contributed by atoms with E-state index in [0.29, 0.717) is 30.3 Å². The summed E-state index contributed by atoms with van der Waals surface area (Å²) in [6, 6.07) is 5.31. The van der Waals surface area contributed by atoms with E-state index >= 15 is 0 Å². The molecule has 0 aliphatic carbocycles. The fourth-order valence-electron chi connectivity index (χ4n) is 2.14. The lowest BCUT2D eigenvalue weighted by Gasteiger charge is -2.21. The Hall–Kier alpha value is -1.26. The van der Waals surface area contributed by atoms with Gasteiger partial charge >= 0.3 is 0 Å². The van der Waals surface area contributed by atoms with Crippen LogP contribution in [0.25, 0.3) is 0 Å². The number of carbonyl (C=O) groups is 1. The van der Waals surface area contributed by atoms with Gasteiger partial charge < -0.3 is 14.7 Å². The number of nitrogens with zero attached hydrogens (tertiary/aromatic N) is 1. The van der Waals surface area contributed by atoms with E-state index in [1.807, 2.05) is 13.0 Å². The Kier molecular flexibility index (Phi) is 4.32. The van der Waals surface area contributed by atoms with Crippen molar-refractivity contribution in [3.05, 3.63) is 28.8 Å². The first kappa shape index (κ1) is 14.2. The molecule has 4 nitrogen and oxygen atoms in total. The van der Waals surface area contributed by atoms with Crippen LogP contribution in [-0.4, -0.2) is 41.2 Å². The highest BCUT2D eigenvalue weighted by molar-refractivity contribution is 6.31. The summed E-state index contributed by atoms with van der Waals surface area (Å²) in [7, 11) is 0. The average Bonchev–Trinajstić information content (AvgIpc) is 2.79. The summed E-state index contributed by atoms with van der Waals surface area (Å²) in [6.07, 6.45) is -0.335. The van der Waals surface area contributed by atoms with Crippen LogP contribution in [0.5, 0.6) is 5.75 Å². The highest BCUT2D eigenvalue weighted by atomic mass is 35.5. The van der Waals surface area contributed by atoms with Crippen molar-refractivity contribution in [3.8, 4) is 5.75 Å². The Bertz CT molecular complexity index is 478. The number of aliphatic hydroxyl groups is 1. The Morgan fingerprint density at radius 1 is 1.58 bits per heavy atom. The number of rotatable bonds is 3. The molecule has 0 saturated carbocycles. The minimum absolute atomic E-state index is 0.0934. The standard InChI is InChI=1S/C14H18ClNO3/c1-9-7-12(3-4-13(9)15)19-10(2)14(18)16-6-5-11(17)8-16/h3-4,7,10-11,17H,5-6,8H2,1-2H3/t10?,11-/m1/s1. The zero-order chi connectivity index (χ0) is 14.0. The highest BCUT2D eigenvalue weighted by Crippen LogP contribution is 2.22. The normalized spacial score (nSPS) is 20.4. The molecule has 0 aromatic heterocycles. The molecular weight excluding hydrogens is 266 g/mol. The van der Waals surface area contributed by atoms with E-state index < -0.39 is 12.2 Å². The van der Waals surface area contributed by atoms with Gasteiger partial charge in [-0.25, -0.2) is 0 Å². The second-order valence-electron chi connectivity index (χ2n) is 4.90. The minimum atomic E-state index is -0.564. The molecule has 1 amide bonds. The van der Waals surface area contributed by atoms with Gasteiger partial charge in [0.2, 0.25) is 0 Å². The van der Waals surface area contributed by atoms with E-state index in [1.165, 1.54) is 0 Å². The molecule has 0 radical (unpaired) electrons. The van der Waals surface area contributed by atoms with Crippen LogP contribution in [0.1, 0.15) is 18.9 Å². The zero-order valence-corrected chi connectivity index (χ0v) is 11.9. The minimum Gasteiger partial charge on any atom is -0.481 e.